The van der Waals surface area contributed by atoms with Crippen LogP contribution in [0.3, 0.4) is 0 Å². The lowest BCUT2D eigenvalue weighted by Gasteiger charge is -2.17. The van der Waals surface area contributed by atoms with Gasteiger partial charge >= 0.3 is 0 Å². The molecule has 0 heterocycles. The molecule has 0 aliphatic heterocycles. The van der Waals surface area contributed by atoms with E-state index >= 15 is 0 Å². The first-order chi connectivity index (χ1) is 9.06. The van der Waals surface area contributed by atoms with Crippen LogP contribution in [0.1, 0.15) is 12.5 Å². The van der Waals surface area contributed by atoms with Crippen LogP contribution in [-0.2, 0) is 6.42 Å². The fourth-order valence-corrected chi connectivity index (χ4v) is 2.27. The second kappa shape index (κ2) is 6.18. The Kier molecular flexibility index (Phi) is 4.56. The Morgan fingerprint density at radius 1 is 1.11 bits per heavy atom. The van der Waals surface area contributed by atoms with Gasteiger partial charge in [-0.15, -0.1) is 0 Å². The minimum atomic E-state index is 0.209. The summed E-state index contributed by atoms with van der Waals surface area (Å²) in [4.78, 5) is 0. The van der Waals surface area contributed by atoms with Crippen LogP contribution in [-0.4, -0.2) is 11.1 Å². The topological polar surface area (TPSA) is 32.3 Å². The molecule has 1 atom stereocenters. The van der Waals surface area contributed by atoms with Gasteiger partial charge in [0.15, 0.2) is 0 Å². The van der Waals surface area contributed by atoms with Gasteiger partial charge < -0.3 is 10.4 Å². The Labute approximate surface area is 123 Å². The quantitative estimate of drug-likeness (QED) is 0.854. The minimum absolute atomic E-state index is 0.209. The van der Waals surface area contributed by atoms with Crippen molar-refractivity contribution >= 4 is 28.9 Å². The van der Waals surface area contributed by atoms with Crippen LogP contribution in [0.5, 0.6) is 5.75 Å². The van der Waals surface area contributed by atoms with Gasteiger partial charge in [-0.25, -0.2) is 0 Å². The van der Waals surface area contributed by atoms with Crippen molar-refractivity contribution in [2.24, 2.45) is 0 Å². The molecule has 0 saturated carbocycles. The third-order valence-electron chi connectivity index (χ3n) is 2.83. The summed E-state index contributed by atoms with van der Waals surface area (Å²) in [7, 11) is 0. The fraction of sp³-hybridized carbons (Fsp3) is 0.200. The molecule has 0 bridgehead atoms. The standard InChI is InChI=1S/C15H15Cl2NO/c1-10(9-11-5-7-12(19)8-6-11)18-14-4-2-3-13(16)15(14)17/h2-8,10,18-19H,9H2,1H3. The smallest absolute Gasteiger partial charge is 0.115 e. The lowest BCUT2D eigenvalue weighted by Crippen LogP contribution is -2.18. The van der Waals surface area contributed by atoms with Gasteiger partial charge in [0.1, 0.15) is 5.75 Å². The Morgan fingerprint density at radius 2 is 1.79 bits per heavy atom. The Hall–Kier alpha value is -1.38. The van der Waals surface area contributed by atoms with Gasteiger partial charge in [0.25, 0.3) is 0 Å². The van der Waals surface area contributed by atoms with Gasteiger partial charge in [-0.1, -0.05) is 41.4 Å². The van der Waals surface area contributed by atoms with E-state index in [0.29, 0.717) is 10.0 Å². The van der Waals surface area contributed by atoms with Gasteiger partial charge in [0, 0.05) is 6.04 Å². The largest absolute Gasteiger partial charge is 0.508 e. The highest BCUT2D eigenvalue weighted by Crippen LogP contribution is 2.30. The molecular formula is C15H15Cl2NO. The number of hydrogen-bond donors (Lipinski definition) is 2. The number of anilines is 1. The predicted octanol–water partition coefficient (Wildman–Crippen LogP) is 4.74. The third-order valence-corrected chi connectivity index (χ3v) is 3.65. The highest BCUT2D eigenvalue weighted by atomic mass is 35.5. The van der Waals surface area contributed by atoms with E-state index in [4.69, 9.17) is 23.2 Å². The van der Waals surface area contributed by atoms with E-state index in [9.17, 15) is 5.11 Å². The zero-order valence-electron chi connectivity index (χ0n) is 10.5. The minimum Gasteiger partial charge on any atom is -0.508 e. The van der Waals surface area contributed by atoms with Crippen LogP contribution < -0.4 is 5.32 Å². The summed E-state index contributed by atoms with van der Waals surface area (Å²) < 4.78 is 0. The third kappa shape index (κ3) is 3.79. The van der Waals surface area contributed by atoms with Crippen molar-refractivity contribution in [3.8, 4) is 5.75 Å². The van der Waals surface area contributed by atoms with Crippen LogP contribution in [0.2, 0.25) is 10.0 Å². The summed E-state index contributed by atoms with van der Waals surface area (Å²) in [5.41, 5.74) is 1.98. The van der Waals surface area contributed by atoms with E-state index in [1.165, 1.54) is 0 Å². The van der Waals surface area contributed by atoms with Crippen molar-refractivity contribution in [1.82, 2.24) is 0 Å². The summed E-state index contributed by atoms with van der Waals surface area (Å²) >= 11 is 12.1. The lowest BCUT2D eigenvalue weighted by molar-refractivity contribution is 0.475. The van der Waals surface area contributed by atoms with Crippen molar-refractivity contribution in [1.29, 1.82) is 0 Å². The summed E-state index contributed by atoms with van der Waals surface area (Å²) in [6, 6.07) is 12.9. The summed E-state index contributed by atoms with van der Waals surface area (Å²) in [6.07, 6.45) is 0.836. The number of benzene rings is 2. The molecule has 0 fully saturated rings. The average molecular weight is 296 g/mol. The normalized spacial score (nSPS) is 12.2. The number of rotatable bonds is 4. The molecule has 0 saturated heterocycles. The Balaban J connectivity index is 2.03. The first kappa shape index (κ1) is 14.0. The van der Waals surface area contributed by atoms with Crippen molar-refractivity contribution < 1.29 is 5.11 Å². The SMILES string of the molecule is CC(Cc1ccc(O)cc1)Nc1cccc(Cl)c1Cl. The molecular weight excluding hydrogens is 281 g/mol. The van der Waals surface area contributed by atoms with Gasteiger partial charge in [0.2, 0.25) is 0 Å². The monoisotopic (exact) mass is 295 g/mol. The van der Waals surface area contributed by atoms with Crippen LogP contribution in [0.4, 0.5) is 5.69 Å². The summed E-state index contributed by atoms with van der Waals surface area (Å²) in [6.45, 7) is 2.07. The molecule has 2 aromatic rings. The molecule has 0 amide bonds. The fourth-order valence-electron chi connectivity index (χ4n) is 1.92. The van der Waals surface area contributed by atoms with E-state index in [1.54, 1.807) is 18.2 Å². The zero-order valence-corrected chi connectivity index (χ0v) is 12.0. The average Bonchev–Trinajstić information content (AvgIpc) is 2.38. The maximum atomic E-state index is 9.25. The number of hydrogen-bond acceptors (Lipinski definition) is 2. The van der Waals surface area contributed by atoms with Crippen LogP contribution in [0, 0.1) is 0 Å². The second-order valence-electron chi connectivity index (χ2n) is 4.52. The zero-order chi connectivity index (χ0) is 13.8. The molecule has 0 aromatic heterocycles. The molecule has 2 aromatic carbocycles. The Morgan fingerprint density at radius 3 is 2.47 bits per heavy atom. The molecule has 2 rings (SSSR count). The van der Waals surface area contributed by atoms with Gasteiger partial charge in [-0.05, 0) is 43.2 Å². The maximum Gasteiger partial charge on any atom is 0.115 e. The Bertz CT molecular complexity index is 555. The highest BCUT2D eigenvalue weighted by molar-refractivity contribution is 6.43. The maximum absolute atomic E-state index is 9.25. The molecule has 0 aliphatic carbocycles. The molecule has 19 heavy (non-hydrogen) atoms. The van der Waals surface area contributed by atoms with Crippen LogP contribution in [0.25, 0.3) is 0 Å². The van der Waals surface area contributed by atoms with Crippen molar-refractivity contribution in [3.05, 3.63) is 58.1 Å². The number of halogens is 2. The first-order valence-electron chi connectivity index (χ1n) is 6.04. The molecule has 4 heteroatoms. The molecule has 1 unspecified atom stereocenters. The first-order valence-corrected chi connectivity index (χ1v) is 6.80. The molecule has 0 spiro atoms. The van der Waals surface area contributed by atoms with Gasteiger partial charge in [-0.2, -0.15) is 0 Å². The summed E-state index contributed by atoms with van der Waals surface area (Å²) in [5, 5.41) is 13.7. The molecule has 0 radical (unpaired) electrons. The van der Waals surface area contributed by atoms with Crippen LogP contribution in [0.15, 0.2) is 42.5 Å². The number of phenolic OH excluding ortho intramolecular Hbond substituents is 1. The number of phenols is 1. The van der Waals surface area contributed by atoms with E-state index in [-0.39, 0.29) is 11.8 Å². The van der Waals surface area contributed by atoms with E-state index in [1.807, 2.05) is 24.3 Å². The number of aromatic hydroxyl groups is 1. The van der Waals surface area contributed by atoms with E-state index in [0.717, 1.165) is 17.7 Å². The van der Waals surface area contributed by atoms with Crippen molar-refractivity contribution in [3.63, 3.8) is 0 Å². The molecule has 2 nitrogen and oxygen atoms in total. The van der Waals surface area contributed by atoms with Gasteiger partial charge in [0.05, 0.1) is 15.7 Å². The van der Waals surface area contributed by atoms with E-state index < -0.39 is 0 Å². The highest BCUT2D eigenvalue weighted by Gasteiger charge is 2.08. The van der Waals surface area contributed by atoms with Crippen molar-refractivity contribution in [2.75, 3.05) is 5.32 Å². The second-order valence-corrected chi connectivity index (χ2v) is 5.30. The predicted molar refractivity (Wildman–Crippen MR) is 81.4 cm³/mol. The van der Waals surface area contributed by atoms with Gasteiger partial charge in [-0.3, -0.25) is 0 Å². The van der Waals surface area contributed by atoms with Crippen LogP contribution >= 0.6 is 23.2 Å². The van der Waals surface area contributed by atoms with E-state index in [2.05, 4.69) is 12.2 Å². The lowest BCUT2D eigenvalue weighted by atomic mass is 10.1. The van der Waals surface area contributed by atoms with Crippen molar-refractivity contribution in [2.45, 2.75) is 19.4 Å². The molecule has 100 valence electrons. The molecule has 0 aliphatic rings. The number of nitrogens with one attached hydrogen (secondary N) is 1. The molecule has 2 N–H and O–H groups in total. The summed E-state index contributed by atoms with van der Waals surface area (Å²) in [5.74, 6) is 0.280.